The number of carbonyl (C=O) groups excluding carboxylic acids is 1. The lowest BCUT2D eigenvalue weighted by Gasteiger charge is -2.06. The van der Waals surface area contributed by atoms with Gasteiger partial charge in [0.2, 0.25) is 0 Å². The fourth-order valence-electron chi connectivity index (χ4n) is 3.31. The largest absolute Gasteiger partial charge is 0.363 e. The van der Waals surface area contributed by atoms with Gasteiger partial charge in [0.15, 0.2) is 11.4 Å². The van der Waals surface area contributed by atoms with Gasteiger partial charge in [0.25, 0.3) is 5.56 Å². The number of imidazole rings is 1. The van der Waals surface area contributed by atoms with Crippen LogP contribution in [0.1, 0.15) is 24.2 Å². The number of ketones is 1. The number of nitrogens with one attached hydrogen (secondary N) is 2. The molecular weight excluding hydrogens is 398 g/mol. The Morgan fingerprint density at radius 1 is 1.10 bits per heavy atom. The number of fused-ring (bicyclic) bond motifs is 1. The lowest BCUT2D eigenvalue weighted by atomic mass is 10.2. The minimum Gasteiger partial charge on any atom is -0.363 e. The number of Topliss-reactive ketones (excluding diaryl/α,β-unsaturated/α-hetero) is 1. The molecule has 0 bridgehead atoms. The first-order chi connectivity index (χ1) is 15.0. The molecule has 0 aliphatic rings. The SMILES string of the molecule is CCn1c(=O)c2[nH]c(-c3ccc(NCC(=O)c4cccnc4)nc3)nc2n(CC)c1=O. The molecule has 2 N–H and O–H groups in total. The molecule has 10 nitrogen and oxygen atoms in total. The molecule has 0 aliphatic carbocycles. The number of H-pyrrole nitrogens is 1. The number of aromatic nitrogens is 6. The number of aromatic amines is 1. The van der Waals surface area contributed by atoms with Gasteiger partial charge >= 0.3 is 5.69 Å². The Balaban J connectivity index is 1.59. The lowest BCUT2D eigenvalue weighted by molar-refractivity contribution is 0.101. The van der Waals surface area contributed by atoms with Crippen LogP contribution in [0, 0.1) is 0 Å². The topological polar surface area (TPSA) is 128 Å². The first-order valence-corrected chi connectivity index (χ1v) is 9.90. The van der Waals surface area contributed by atoms with E-state index < -0.39 is 5.56 Å². The van der Waals surface area contributed by atoms with E-state index in [-0.39, 0.29) is 30.1 Å². The number of nitrogens with zero attached hydrogens (tertiary/aromatic N) is 5. The lowest BCUT2D eigenvalue weighted by Crippen LogP contribution is -2.39. The molecule has 0 aliphatic heterocycles. The van der Waals surface area contributed by atoms with Crippen molar-refractivity contribution in [2.75, 3.05) is 11.9 Å². The average Bonchev–Trinajstić information content (AvgIpc) is 3.24. The molecule has 158 valence electrons. The quantitative estimate of drug-likeness (QED) is 0.436. The van der Waals surface area contributed by atoms with Crippen LogP contribution in [-0.2, 0) is 13.1 Å². The third-order valence-corrected chi connectivity index (χ3v) is 4.94. The molecule has 0 radical (unpaired) electrons. The van der Waals surface area contributed by atoms with E-state index in [1.807, 2.05) is 6.92 Å². The summed E-state index contributed by atoms with van der Waals surface area (Å²) in [6.07, 6.45) is 4.71. The number of aryl methyl sites for hydroxylation is 1. The molecule has 0 amide bonds. The summed E-state index contributed by atoms with van der Waals surface area (Å²) in [4.78, 5) is 53.1. The maximum Gasteiger partial charge on any atom is 0.332 e. The van der Waals surface area contributed by atoms with Crippen LogP contribution in [0.2, 0.25) is 0 Å². The van der Waals surface area contributed by atoms with Crippen molar-refractivity contribution in [1.82, 2.24) is 29.1 Å². The Labute approximate surface area is 176 Å². The highest BCUT2D eigenvalue weighted by Crippen LogP contribution is 2.19. The van der Waals surface area contributed by atoms with Crippen molar-refractivity contribution in [1.29, 1.82) is 0 Å². The second-order valence-electron chi connectivity index (χ2n) is 6.81. The Kier molecular flexibility index (Phi) is 5.44. The summed E-state index contributed by atoms with van der Waals surface area (Å²) < 4.78 is 2.64. The average molecular weight is 419 g/mol. The van der Waals surface area contributed by atoms with Gasteiger partial charge in [-0.3, -0.25) is 23.7 Å². The number of carbonyl (C=O) groups is 1. The van der Waals surface area contributed by atoms with Gasteiger partial charge in [0.05, 0.1) is 6.54 Å². The van der Waals surface area contributed by atoms with Crippen LogP contribution >= 0.6 is 0 Å². The van der Waals surface area contributed by atoms with Crippen LogP contribution in [0.3, 0.4) is 0 Å². The van der Waals surface area contributed by atoms with E-state index >= 15 is 0 Å². The number of anilines is 1. The van der Waals surface area contributed by atoms with Crippen LogP contribution < -0.4 is 16.6 Å². The Bertz CT molecular complexity index is 1350. The highest BCUT2D eigenvalue weighted by atomic mass is 16.2. The van der Waals surface area contributed by atoms with Gasteiger partial charge < -0.3 is 10.3 Å². The molecule has 0 saturated carbocycles. The summed E-state index contributed by atoms with van der Waals surface area (Å²) in [6.45, 7) is 4.34. The number of hydrogen-bond donors (Lipinski definition) is 2. The first-order valence-electron chi connectivity index (χ1n) is 9.90. The first kappa shape index (κ1) is 20.2. The zero-order valence-electron chi connectivity index (χ0n) is 17.1. The Morgan fingerprint density at radius 2 is 1.90 bits per heavy atom. The van der Waals surface area contributed by atoms with E-state index in [1.54, 1.807) is 43.6 Å². The molecule has 0 fully saturated rings. The third-order valence-electron chi connectivity index (χ3n) is 4.94. The summed E-state index contributed by atoms with van der Waals surface area (Å²) in [6, 6.07) is 6.91. The molecule has 0 atom stereocenters. The molecule has 4 aromatic heterocycles. The monoisotopic (exact) mass is 419 g/mol. The normalized spacial score (nSPS) is 11.0. The number of rotatable bonds is 7. The van der Waals surface area contributed by atoms with Crippen molar-refractivity contribution in [2.24, 2.45) is 0 Å². The van der Waals surface area contributed by atoms with E-state index in [0.717, 1.165) is 0 Å². The van der Waals surface area contributed by atoms with Gasteiger partial charge in [-0.2, -0.15) is 0 Å². The summed E-state index contributed by atoms with van der Waals surface area (Å²) in [7, 11) is 0. The van der Waals surface area contributed by atoms with E-state index in [4.69, 9.17) is 0 Å². The van der Waals surface area contributed by atoms with Crippen molar-refractivity contribution in [3.63, 3.8) is 0 Å². The minimum absolute atomic E-state index is 0.0853. The molecule has 0 saturated heterocycles. The van der Waals surface area contributed by atoms with Crippen LogP contribution in [0.5, 0.6) is 0 Å². The van der Waals surface area contributed by atoms with Crippen LogP contribution in [0.25, 0.3) is 22.6 Å². The smallest absolute Gasteiger partial charge is 0.332 e. The van der Waals surface area contributed by atoms with Crippen LogP contribution in [0.4, 0.5) is 5.82 Å². The zero-order valence-corrected chi connectivity index (χ0v) is 17.1. The van der Waals surface area contributed by atoms with Crippen molar-refractivity contribution in [3.05, 3.63) is 69.3 Å². The number of pyridine rings is 2. The van der Waals surface area contributed by atoms with Gasteiger partial charge in [-0.05, 0) is 38.1 Å². The molecule has 0 spiro atoms. The maximum atomic E-state index is 12.6. The number of hydrogen-bond acceptors (Lipinski definition) is 7. The van der Waals surface area contributed by atoms with Gasteiger partial charge in [-0.1, -0.05) is 0 Å². The van der Waals surface area contributed by atoms with Gasteiger partial charge in [0.1, 0.15) is 17.2 Å². The van der Waals surface area contributed by atoms with Crippen molar-refractivity contribution < 1.29 is 4.79 Å². The summed E-state index contributed by atoms with van der Waals surface area (Å²) in [5, 5.41) is 2.98. The van der Waals surface area contributed by atoms with Gasteiger partial charge in [-0.25, -0.2) is 14.8 Å². The van der Waals surface area contributed by atoms with E-state index in [0.29, 0.717) is 35.0 Å². The van der Waals surface area contributed by atoms with E-state index in [9.17, 15) is 14.4 Å². The fraction of sp³-hybridized carbons (Fsp3) is 0.238. The predicted molar refractivity (Wildman–Crippen MR) is 116 cm³/mol. The van der Waals surface area contributed by atoms with Crippen molar-refractivity contribution in [3.8, 4) is 11.4 Å². The highest BCUT2D eigenvalue weighted by molar-refractivity contribution is 5.98. The molecular formula is C21H21N7O3. The minimum atomic E-state index is -0.397. The van der Waals surface area contributed by atoms with E-state index in [2.05, 4.69) is 25.3 Å². The summed E-state index contributed by atoms with van der Waals surface area (Å²) in [5.41, 5.74) is 0.998. The van der Waals surface area contributed by atoms with Gasteiger partial charge in [0, 0.05) is 42.8 Å². The molecule has 4 heterocycles. The van der Waals surface area contributed by atoms with E-state index in [1.165, 1.54) is 15.3 Å². The zero-order chi connectivity index (χ0) is 22.0. The van der Waals surface area contributed by atoms with Crippen molar-refractivity contribution >= 4 is 22.8 Å². The molecule has 4 aromatic rings. The second kappa shape index (κ2) is 8.34. The summed E-state index contributed by atoms with van der Waals surface area (Å²) >= 11 is 0. The molecule has 31 heavy (non-hydrogen) atoms. The summed E-state index contributed by atoms with van der Waals surface area (Å²) in [5.74, 6) is 0.866. The van der Waals surface area contributed by atoms with Crippen molar-refractivity contribution in [2.45, 2.75) is 26.9 Å². The molecule has 10 heteroatoms. The predicted octanol–water partition coefficient (Wildman–Crippen LogP) is 1.68. The van der Waals surface area contributed by atoms with Gasteiger partial charge in [-0.15, -0.1) is 0 Å². The fourth-order valence-corrected chi connectivity index (χ4v) is 3.31. The molecule has 0 aromatic carbocycles. The Hall–Kier alpha value is -4.08. The second-order valence-corrected chi connectivity index (χ2v) is 6.81. The standard InChI is InChI=1S/C21H21N7O3/c1-3-27-19-17(20(30)28(4-2)21(27)31)25-18(26-19)14-7-8-16(23-11-14)24-12-15(29)13-6-5-9-22-10-13/h5-11H,3-4,12H2,1-2H3,(H,23,24)(H,25,26). The van der Waals surface area contributed by atoms with Crippen LogP contribution in [-0.4, -0.2) is 41.4 Å². The highest BCUT2D eigenvalue weighted by Gasteiger charge is 2.16. The van der Waals surface area contributed by atoms with Crippen LogP contribution in [0.15, 0.2) is 52.4 Å². The third kappa shape index (κ3) is 3.75. The molecule has 0 unspecified atom stereocenters. The molecule has 4 rings (SSSR count). The Morgan fingerprint density at radius 3 is 2.55 bits per heavy atom. The maximum absolute atomic E-state index is 12.6.